The highest BCUT2D eigenvalue weighted by Crippen LogP contribution is 2.41. The smallest absolute Gasteiger partial charge is 0.407 e. The van der Waals surface area contributed by atoms with Gasteiger partial charge in [0.1, 0.15) is 22.3 Å². The number of nitrogens with zero attached hydrogens (tertiary/aromatic N) is 3. The number of fused-ring (bicyclic) bond motifs is 1. The van der Waals surface area contributed by atoms with Gasteiger partial charge in [-0.1, -0.05) is 17.7 Å². The van der Waals surface area contributed by atoms with Crippen molar-refractivity contribution in [1.82, 2.24) is 14.8 Å². The average molecular weight is 642 g/mol. The zero-order valence-electron chi connectivity index (χ0n) is 24.7. The number of pyridine rings is 1. The molecule has 1 aliphatic rings. The molecule has 0 aliphatic heterocycles. The van der Waals surface area contributed by atoms with Crippen LogP contribution in [0.25, 0.3) is 21.2 Å². The Morgan fingerprint density at radius 2 is 1.66 bits per heavy atom. The van der Waals surface area contributed by atoms with Crippen LogP contribution in [0.2, 0.25) is 5.02 Å². The highest BCUT2D eigenvalue weighted by Gasteiger charge is 2.35. The fraction of sp³-hybridized carbons (Fsp3) is 0.364. The van der Waals surface area contributed by atoms with E-state index in [0.717, 1.165) is 34.6 Å². The quantitative estimate of drug-likeness (QED) is 0.211. The van der Waals surface area contributed by atoms with Crippen molar-refractivity contribution < 1.29 is 28.6 Å². The predicted octanol–water partition coefficient (Wildman–Crippen LogP) is 8.58. The molecule has 2 heterocycles. The molecule has 2 N–H and O–H groups in total. The highest BCUT2D eigenvalue weighted by atomic mass is 35.5. The summed E-state index contributed by atoms with van der Waals surface area (Å²) in [5.41, 5.74) is 1.68. The maximum absolute atomic E-state index is 14.7. The SMILES string of the molecule is CC(C)(C)N(CC1CCC(N(Cc2cc(-c3ccncc3)ccc2O)C(=O)c2sc3c(F)ccc(F)c3c2Cl)CC1)C(=O)O. The minimum absolute atomic E-state index is 0.0103. The second-order valence-corrected chi connectivity index (χ2v) is 13.6. The van der Waals surface area contributed by atoms with Gasteiger partial charge in [-0.2, -0.15) is 0 Å². The van der Waals surface area contributed by atoms with E-state index < -0.39 is 29.2 Å². The molecule has 0 radical (unpaired) electrons. The summed E-state index contributed by atoms with van der Waals surface area (Å²) in [5, 5.41) is 20.4. The molecule has 1 saturated carbocycles. The van der Waals surface area contributed by atoms with Gasteiger partial charge in [0.15, 0.2) is 0 Å². The summed E-state index contributed by atoms with van der Waals surface area (Å²) >= 11 is 7.36. The summed E-state index contributed by atoms with van der Waals surface area (Å²) in [6.45, 7) is 6.01. The maximum Gasteiger partial charge on any atom is 0.407 e. The number of aromatic nitrogens is 1. The van der Waals surface area contributed by atoms with Gasteiger partial charge in [0, 0.05) is 42.6 Å². The van der Waals surface area contributed by atoms with Crippen LogP contribution in [-0.2, 0) is 6.54 Å². The van der Waals surface area contributed by atoms with E-state index in [9.17, 15) is 28.6 Å². The van der Waals surface area contributed by atoms with E-state index in [4.69, 9.17) is 11.6 Å². The lowest BCUT2D eigenvalue weighted by molar-refractivity contribution is 0.0535. The maximum atomic E-state index is 14.7. The molecule has 0 atom stereocenters. The Morgan fingerprint density at radius 3 is 2.27 bits per heavy atom. The number of rotatable bonds is 7. The van der Waals surface area contributed by atoms with Crippen LogP contribution < -0.4 is 0 Å². The molecule has 0 spiro atoms. The Hall–Kier alpha value is -3.76. The second kappa shape index (κ2) is 12.7. The molecule has 11 heteroatoms. The minimum Gasteiger partial charge on any atom is -0.508 e. The molecular weight excluding hydrogens is 608 g/mol. The topological polar surface area (TPSA) is 94.0 Å². The molecule has 232 valence electrons. The van der Waals surface area contributed by atoms with Crippen LogP contribution in [0.4, 0.5) is 13.6 Å². The van der Waals surface area contributed by atoms with Gasteiger partial charge < -0.3 is 20.0 Å². The summed E-state index contributed by atoms with van der Waals surface area (Å²) in [6.07, 6.45) is 4.90. The number of carbonyl (C=O) groups excluding carboxylic acids is 1. The summed E-state index contributed by atoms with van der Waals surface area (Å²) < 4.78 is 29.3. The van der Waals surface area contributed by atoms with Gasteiger partial charge in [0.05, 0.1) is 15.1 Å². The molecule has 5 rings (SSSR count). The van der Waals surface area contributed by atoms with Crippen LogP contribution in [-0.4, -0.2) is 55.1 Å². The normalized spacial score (nSPS) is 17.0. The Balaban J connectivity index is 1.47. The lowest BCUT2D eigenvalue weighted by atomic mass is 9.84. The van der Waals surface area contributed by atoms with Gasteiger partial charge in [-0.3, -0.25) is 9.78 Å². The van der Waals surface area contributed by atoms with Crippen LogP contribution in [0, 0.1) is 17.6 Å². The number of hydrogen-bond donors (Lipinski definition) is 2. The van der Waals surface area contributed by atoms with Gasteiger partial charge in [0.25, 0.3) is 5.91 Å². The summed E-state index contributed by atoms with van der Waals surface area (Å²) in [5.74, 6) is -1.73. The van der Waals surface area contributed by atoms with Crippen molar-refractivity contribution in [3.05, 3.63) is 82.0 Å². The molecule has 0 bridgehead atoms. The molecule has 2 aromatic carbocycles. The number of halogens is 3. The first-order chi connectivity index (χ1) is 20.8. The van der Waals surface area contributed by atoms with E-state index >= 15 is 0 Å². The van der Waals surface area contributed by atoms with Crippen LogP contribution in [0.15, 0.2) is 54.9 Å². The van der Waals surface area contributed by atoms with Crippen LogP contribution >= 0.6 is 22.9 Å². The van der Waals surface area contributed by atoms with E-state index in [1.807, 2.05) is 39.0 Å². The number of benzene rings is 2. The molecule has 4 aromatic rings. The van der Waals surface area contributed by atoms with Crippen molar-refractivity contribution in [2.45, 2.75) is 64.6 Å². The number of carboxylic acid groups (broad SMARTS) is 1. The van der Waals surface area contributed by atoms with Gasteiger partial charge >= 0.3 is 6.09 Å². The van der Waals surface area contributed by atoms with Crippen LogP contribution in [0.5, 0.6) is 5.75 Å². The molecule has 7 nitrogen and oxygen atoms in total. The Bertz CT molecular complexity index is 1680. The zero-order chi connectivity index (χ0) is 31.8. The molecule has 0 saturated heterocycles. The largest absolute Gasteiger partial charge is 0.508 e. The van der Waals surface area contributed by atoms with Crippen molar-refractivity contribution in [1.29, 1.82) is 0 Å². The number of thiophene rings is 1. The third-order valence-electron chi connectivity index (χ3n) is 8.31. The predicted molar refractivity (Wildman–Crippen MR) is 168 cm³/mol. The summed E-state index contributed by atoms with van der Waals surface area (Å²) in [7, 11) is 0. The third-order valence-corrected chi connectivity index (χ3v) is 9.99. The number of aromatic hydroxyl groups is 1. The van der Waals surface area contributed by atoms with Crippen molar-refractivity contribution in [3.8, 4) is 16.9 Å². The van der Waals surface area contributed by atoms with Gasteiger partial charge in [-0.15, -0.1) is 11.3 Å². The Morgan fingerprint density at radius 1 is 1.00 bits per heavy atom. The molecule has 2 aromatic heterocycles. The minimum atomic E-state index is -0.972. The third kappa shape index (κ3) is 6.51. The van der Waals surface area contributed by atoms with Crippen molar-refractivity contribution in [3.63, 3.8) is 0 Å². The Labute approximate surface area is 263 Å². The lowest BCUT2D eigenvalue weighted by Gasteiger charge is -2.40. The number of hydrogen-bond acceptors (Lipinski definition) is 5. The summed E-state index contributed by atoms with van der Waals surface area (Å²) in [6, 6.07) is 10.6. The second-order valence-electron chi connectivity index (χ2n) is 12.2. The van der Waals surface area contributed by atoms with Gasteiger partial charge in [-0.25, -0.2) is 13.6 Å². The van der Waals surface area contributed by atoms with E-state index in [2.05, 4.69) is 4.98 Å². The molecule has 0 unspecified atom stereocenters. The molecular formula is C33H34ClF2N3O4S. The highest BCUT2D eigenvalue weighted by molar-refractivity contribution is 7.21. The van der Waals surface area contributed by atoms with Crippen molar-refractivity contribution >= 4 is 45.0 Å². The zero-order valence-corrected chi connectivity index (χ0v) is 26.3. The van der Waals surface area contributed by atoms with Crippen LogP contribution in [0.3, 0.4) is 0 Å². The first kappa shape index (κ1) is 31.7. The first-order valence-corrected chi connectivity index (χ1v) is 15.6. The van der Waals surface area contributed by atoms with Crippen molar-refractivity contribution in [2.75, 3.05) is 6.54 Å². The fourth-order valence-electron chi connectivity index (χ4n) is 5.89. The number of carbonyl (C=O) groups is 2. The fourth-order valence-corrected chi connectivity index (χ4v) is 7.39. The number of phenolic OH excluding ortho intramolecular Hbond substituents is 1. The standard InChI is InChI=1S/C33H34ClF2N3O4S/c1-33(2,3)39(32(42)43)17-19-4-7-23(8-5-19)38(18-22-16-21(6-11-26(22)40)20-12-14-37-15-13-20)31(41)30-28(34)27-24(35)9-10-25(36)29(27)44-30/h6,9-16,19,23,40H,4-5,7-8,17-18H2,1-3H3,(H,42,43). The lowest BCUT2D eigenvalue weighted by Crippen LogP contribution is -2.48. The van der Waals surface area contributed by atoms with Gasteiger partial charge in [0.2, 0.25) is 0 Å². The van der Waals surface area contributed by atoms with E-state index in [1.165, 1.54) is 4.90 Å². The average Bonchev–Trinajstić information content (AvgIpc) is 3.35. The molecule has 2 amide bonds. The molecule has 1 fully saturated rings. The number of amides is 2. The Kier molecular flexibility index (Phi) is 9.13. The summed E-state index contributed by atoms with van der Waals surface area (Å²) in [4.78, 5) is 33.3. The van der Waals surface area contributed by atoms with E-state index in [-0.39, 0.29) is 44.2 Å². The number of phenols is 1. The monoisotopic (exact) mass is 641 g/mol. The molecule has 1 aliphatic carbocycles. The van der Waals surface area contributed by atoms with E-state index in [0.29, 0.717) is 37.8 Å². The first-order valence-electron chi connectivity index (χ1n) is 14.4. The van der Waals surface area contributed by atoms with E-state index in [1.54, 1.807) is 29.4 Å². The van der Waals surface area contributed by atoms with Crippen LogP contribution in [0.1, 0.15) is 61.7 Å². The van der Waals surface area contributed by atoms with Crippen molar-refractivity contribution in [2.24, 2.45) is 5.92 Å². The van der Waals surface area contributed by atoms with Gasteiger partial charge in [-0.05, 0) is 99.9 Å². The molecule has 44 heavy (non-hydrogen) atoms.